The van der Waals surface area contributed by atoms with Gasteiger partial charge >= 0.3 is 0 Å². The maximum absolute atomic E-state index is 12.8. The second-order valence-electron chi connectivity index (χ2n) is 5.19. The number of aliphatic hydroxyl groups excluding tert-OH is 1. The highest BCUT2D eigenvalue weighted by Gasteiger charge is 2.19. The van der Waals surface area contributed by atoms with Crippen LogP contribution in [0.5, 0.6) is 0 Å². The van der Waals surface area contributed by atoms with E-state index in [1.165, 1.54) is 17.2 Å². The van der Waals surface area contributed by atoms with Gasteiger partial charge in [0.05, 0.1) is 18.0 Å². The molecule has 0 fully saturated rings. The Hall–Kier alpha value is -1.78. The normalized spacial score (nSPS) is 16.1. The van der Waals surface area contributed by atoms with Gasteiger partial charge in [-0.25, -0.2) is 4.39 Å². The molecule has 2 heterocycles. The highest BCUT2D eigenvalue weighted by molar-refractivity contribution is 5.30. The second-order valence-corrected chi connectivity index (χ2v) is 5.19. The van der Waals surface area contributed by atoms with Crippen LogP contribution in [-0.2, 0) is 13.1 Å². The quantitative estimate of drug-likeness (QED) is 0.929. The van der Waals surface area contributed by atoms with Gasteiger partial charge in [-0.2, -0.15) is 0 Å². The Kier molecular flexibility index (Phi) is 3.76. The van der Waals surface area contributed by atoms with Crippen LogP contribution in [0.4, 0.5) is 4.39 Å². The van der Waals surface area contributed by atoms with E-state index < -0.39 is 6.10 Å². The van der Waals surface area contributed by atoms with Crippen molar-refractivity contribution in [1.82, 2.24) is 9.88 Å². The van der Waals surface area contributed by atoms with E-state index in [1.807, 2.05) is 0 Å². The zero-order valence-corrected chi connectivity index (χ0v) is 11.2. The first-order chi connectivity index (χ1) is 9.72. The van der Waals surface area contributed by atoms with Crippen molar-refractivity contribution in [3.8, 4) is 0 Å². The molecule has 4 heteroatoms. The molecule has 0 radical (unpaired) electrons. The topological polar surface area (TPSA) is 36.4 Å². The zero-order valence-electron chi connectivity index (χ0n) is 11.2. The van der Waals surface area contributed by atoms with Gasteiger partial charge in [0.2, 0.25) is 0 Å². The molecule has 3 rings (SSSR count). The number of rotatable bonds is 4. The number of hydrogen-bond donors (Lipinski definition) is 1. The predicted molar refractivity (Wildman–Crippen MR) is 74.3 cm³/mol. The molecule has 0 saturated carbocycles. The SMILES string of the molecule is OC(CCN1Cc2ccccc2C1)c1ccc(F)cn1. The van der Waals surface area contributed by atoms with E-state index in [1.54, 1.807) is 6.07 Å². The molecule has 1 aromatic heterocycles. The van der Waals surface area contributed by atoms with Gasteiger partial charge in [0.15, 0.2) is 0 Å². The molecule has 1 N–H and O–H groups in total. The Morgan fingerprint density at radius 3 is 2.45 bits per heavy atom. The summed E-state index contributed by atoms with van der Waals surface area (Å²) in [5, 5.41) is 10.1. The first kappa shape index (κ1) is 13.2. The average molecular weight is 272 g/mol. The molecule has 0 aliphatic carbocycles. The van der Waals surface area contributed by atoms with Gasteiger partial charge in [-0.1, -0.05) is 24.3 Å². The average Bonchev–Trinajstić information content (AvgIpc) is 2.88. The molecule has 3 nitrogen and oxygen atoms in total. The summed E-state index contributed by atoms with van der Waals surface area (Å²) in [4.78, 5) is 6.22. The molecule has 1 aromatic carbocycles. The second kappa shape index (κ2) is 5.69. The molecular weight excluding hydrogens is 255 g/mol. The van der Waals surface area contributed by atoms with Crippen LogP contribution in [0.3, 0.4) is 0 Å². The van der Waals surface area contributed by atoms with Crippen molar-refractivity contribution < 1.29 is 9.50 Å². The zero-order chi connectivity index (χ0) is 13.9. The van der Waals surface area contributed by atoms with Crippen LogP contribution in [0.25, 0.3) is 0 Å². The van der Waals surface area contributed by atoms with Crippen LogP contribution >= 0.6 is 0 Å². The van der Waals surface area contributed by atoms with Crippen molar-refractivity contribution >= 4 is 0 Å². The third kappa shape index (κ3) is 2.86. The van der Waals surface area contributed by atoms with Crippen molar-refractivity contribution in [2.45, 2.75) is 25.6 Å². The number of nitrogens with zero attached hydrogens (tertiary/aromatic N) is 2. The summed E-state index contributed by atoms with van der Waals surface area (Å²) in [6, 6.07) is 11.3. The molecule has 1 atom stereocenters. The van der Waals surface area contributed by atoms with Gasteiger partial charge in [-0.15, -0.1) is 0 Å². The lowest BCUT2D eigenvalue weighted by atomic mass is 10.1. The van der Waals surface area contributed by atoms with E-state index in [4.69, 9.17) is 0 Å². The first-order valence-electron chi connectivity index (χ1n) is 6.81. The van der Waals surface area contributed by atoms with Crippen LogP contribution in [0.15, 0.2) is 42.6 Å². The van der Waals surface area contributed by atoms with Crippen molar-refractivity contribution in [2.75, 3.05) is 6.54 Å². The number of halogens is 1. The van der Waals surface area contributed by atoms with E-state index in [0.717, 1.165) is 25.8 Å². The Labute approximate surface area is 117 Å². The third-order valence-electron chi connectivity index (χ3n) is 3.72. The maximum Gasteiger partial charge on any atom is 0.141 e. The van der Waals surface area contributed by atoms with Gasteiger partial charge < -0.3 is 5.11 Å². The fraction of sp³-hybridized carbons (Fsp3) is 0.312. The summed E-state index contributed by atoms with van der Waals surface area (Å²) in [5.41, 5.74) is 3.26. The fourth-order valence-electron chi connectivity index (χ4n) is 2.60. The molecule has 2 aromatic rings. The summed E-state index contributed by atoms with van der Waals surface area (Å²) >= 11 is 0. The fourth-order valence-corrected chi connectivity index (χ4v) is 2.60. The molecule has 0 bridgehead atoms. The van der Waals surface area contributed by atoms with Gasteiger partial charge in [0, 0.05) is 19.6 Å². The molecule has 1 aliphatic rings. The lowest BCUT2D eigenvalue weighted by Crippen LogP contribution is -2.20. The maximum atomic E-state index is 12.8. The predicted octanol–water partition coefficient (Wildman–Crippen LogP) is 2.66. The minimum atomic E-state index is -0.640. The van der Waals surface area contributed by atoms with Crippen molar-refractivity contribution in [3.05, 3.63) is 65.2 Å². The van der Waals surface area contributed by atoms with E-state index >= 15 is 0 Å². The minimum absolute atomic E-state index is 0.379. The first-order valence-corrected chi connectivity index (χ1v) is 6.81. The highest BCUT2D eigenvalue weighted by Crippen LogP contribution is 2.24. The Morgan fingerprint density at radius 2 is 1.85 bits per heavy atom. The third-order valence-corrected chi connectivity index (χ3v) is 3.72. The standard InChI is InChI=1S/C16H17FN2O/c17-14-5-6-15(18-9-14)16(20)7-8-19-10-12-3-1-2-4-13(12)11-19/h1-6,9,16,20H,7-8,10-11H2. The molecule has 0 saturated heterocycles. The molecule has 1 unspecified atom stereocenters. The molecule has 0 spiro atoms. The molecule has 104 valence electrons. The van der Waals surface area contributed by atoms with Crippen molar-refractivity contribution in [3.63, 3.8) is 0 Å². The summed E-state index contributed by atoms with van der Waals surface area (Å²) in [5.74, 6) is -0.379. The number of aromatic nitrogens is 1. The smallest absolute Gasteiger partial charge is 0.141 e. The Morgan fingerprint density at radius 1 is 1.15 bits per heavy atom. The minimum Gasteiger partial charge on any atom is -0.387 e. The number of fused-ring (bicyclic) bond motifs is 1. The van der Waals surface area contributed by atoms with Gasteiger partial charge in [0.25, 0.3) is 0 Å². The van der Waals surface area contributed by atoms with Crippen LogP contribution in [0.1, 0.15) is 29.3 Å². The highest BCUT2D eigenvalue weighted by atomic mass is 19.1. The van der Waals surface area contributed by atoms with Crippen molar-refractivity contribution in [2.24, 2.45) is 0 Å². The summed E-state index contributed by atoms with van der Waals surface area (Å²) in [6.07, 6.45) is 1.11. The molecule has 20 heavy (non-hydrogen) atoms. The lowest BCUT2D eigenvalue weighted by Gasteiger charge is -2.17. The summed E-state index contributed by atoms with van der Waals surface area (Å²) in [7, 11) is 0. The number of benzene rings is 1. The number of aliphatic hydroxyl groups is 1. The molecule has 0 amide bonds. The van der Waals surface area contributed by atoms with Crippen LogP contribution in [-0.4, -0.2) is 21.5 Å². The monoisotopic (exact) mass is 272 g/mol. The van der Waals surface area contributed by atoms with E-state index in [0.29, 0.717) is 12.1 Å². The molecular formula is C16H17FN2O. The van der Waals surface area contributed by atoms with Crippen LogP contribution in [0.2, 0.25) is 0 Å². The summed E-state index contributed by atoms with van der Waals surface area (Å²) in [6.45, 7) is 2.66. The Bertz CT molecular complexity index is 560. The lowest BCUT2D eigenvalue weighted by molar-refractivity contribution is 0.137. The van der Waals surface area contributed by atoms with Crippen molar-refractivity contribution in [1.29, 1.82) is 0 Å². The summed E-state index contributed by atoms with van der Waals surface area (Å²) < 4.78 is 12.8. The number of hydrogen-bond acceptors (Lipinski definition) is 3. The Balaban J connectivity index is 1.55. The molecule has 1 aliphatic heterocycles. The van der Waals surface area contributed by atoms with Gasteiger partial charge in [0.1, 0.15) is 5.82 Å². The van der Waals surface area contributed by atoms with E-state index in [2.05, 4.69) is 34.1 Å². The largest absolute Gasteiger partial charge is 0.387 e. The van der Waals surface area contributed by atoms with E-state index in [9.17, 15) is 9.50 Å². The van der Waals surface area contributed by atoms with Gasteiger partial charge in [-0.05, 0) is 29.7 Å². The number of pyridine rings is 1. The van der Waals surface area contributed by atoms with Crippen LogP contribution in [0, 0.1) is 5.82 Å². The van der Waals surface area contributed by atoms with Crippen LogP contribution < -0.4 is 0 Å². The van der Waals surface area contributed by atoms with E-state index in [-0.39, 0.29) is 5.82 Å². The van der Waals surface area contributed by atoms with Gasteiger partial charge in [-0.3, -0.25) is 9.88 Å².